The lowest BCUT2D eigenvalue weighted by Crippen LogP contribution is -2.54. The number of piperidine rings is 1. The highest BCUT2D eigenvalue weighted by Gasteiger charge is 2.36. The number of esters is 1. The van der Waals surface area contributed by atoms with Gasteiger partial charge in [0.05, 0.1) is 19.1 Å². The van der Waals surface area contributed by atoms with E-state index < -0.39 is 35.7 Å². The summed E-state index contributed by atoms with van der Waals surface area (Å²) < 4.78 is 15.4. The molecule has 2 atom stereocenters. The third-order valence-corrected chi connectivity index (χ3v) is 4.17. The van der Waals surface area contributed by atoms with Crippen LogP contribution in [0.15, 0.2) is 30.3 Å². The Kier molecular flexibility index (Phi) is 7.25. The summed E-state index contributed by atoms with van der Waals surface area (Å²) in [5.74, 6) is -0.987. The third kappa shape index (κ3) is 6.75. The van der Waals surface area contributed by atoms with E-state index in [1.807, 2.05) is 30.3 Å². The number of nitrogens with one attached hydrogen (secondary N) is 1. The summed E-state index contributed by atoms with van der Waals surface area (Å²) in [6.45, 7) is 5.81. The minimum atomic E-state index is -0.644. The van der Waals surface area contributed by atoms with Crippen LogP contribution in [-0.2, 0) is 25.6 Å². The van der Waals surface area contributed by atoms with Gasteiger partial charge in [-0.15, -0.1) is 0 Å². The van der Waals surface area contributed by atoms with Gasteiger partial charge in [0.15, 0.2) is 0 Å². The lowest BCUT2D eigenvalue weighted by atomic mass is 9.94. The van der Waals surface area contributed by atoms with Crippen LogP contribution >= 0.6 is 0 Å². The van der Waals surface area contributed by atoms with E-state index >= 15 is 0 Å². The molecule has 1 heterocycles. The van der Waals surface area contributed by atoms with Crippen molar-refractivity contribution in [2.45, 2.75) is 45.4 Å². The molecule has 0 aliphatic carbocycles. The van der Waals surface area contributed by atoms with Crippen molar-refractivity contribution in [1.82, 2.24) is 10.2 Å². The fourth-order valence-corrected chi connectivity index (χ4v) is 2.97. The molecule has 0 spiro atoms. The van der Waals surface area contributed by atoms with E-state index in [9.17, 15) is 14.4 Å². The van der Waals surface area contributed by atoms with Crippen LogP contribution in [0.4, 0.5) is 9.59 Å². The molecule has 8 heteroatoms. The number of carbonyl (C=O) groups excluding carboxylic acids is 3. The SMILES string of the molecule is COC(=O)[C@H]1C[C@@H](NC(=O)OC(C)(C)C)CN(C(=O)OCc2ccccc2)C1. The van der Waals surface area contributed by atoms with Crippen molar-refractivity contribution in [3.63, 3.8) is 0 Å². The molecule has 0 aromatic heterocycles. The van der Waals surface area contributed by atoms with E-state index in [-0.39, 0.29) is 19.7 Å². The standard InChI is InChI=1S/C20H28N2O6/c1-20(2,3)28-18(24)21-16-10-15(17(23)26-4)11-22(12-16)19(25)27-13-14-8-6-5-7-9-14/h5-9,15-16H,10-13H2,1-4H3,(H,21,24)/t15-,16+/m0/s1. The van der Waals surface area contributed by atoms with Gasteiger partial charge >= 0.3 is 18.2 Å². The Morgan fingerprint density at radius 2 is 1.82 bits per heavy atom. The first-order chi connectivity index (χ1) is 13.2. The van der Waals surface area contributed by atoms with Crippen LogP contribution in [0.3, 0.4) is 0 Å². The lowest BCUT2D eigenvalue weighted by Gasteiger charge is -2.36. The second-order valence-electron chi connectivity index (χ2n) is 7.74. The topological polar surface area (TPSA) is 94.2 Å². The zero-order valence-electron chi connectivity index (χ0n) is 16.8. The second kappa shape index (κ2) is 9.43. The number of methoxy groups -OCH3 is 1. The van der Waals surface area contributed by atoms with Gasteiger partial charge in [0.2, 0.25) is 0 Å². The number of amides is 2. The molecular formula is C20H28N2O6. The first-order valence-electron chi connectivity index (χ1n) is 9.21. The number of likely N-dealkylation sites (tertiary alicyclic amines) is 1. The van der Waals surface area contributed by atoms with Gasteiger partial charge in [0.1, 0.15) is 12.2 Å². The highest BCUT2D eigenvalue weighted by atomic mass is 16.6. The molecule has 1 fully saturated rings. The first kappa shape index (κ1) is 21.5. The highest BCUT2D eigenvalue weighted by molar-refractivity contribution is 5.75. The maximum Gasteiger partial charge on any atom is 0.410 e. The van der Waals surface area contributed by atoms with Gasteiger partial charge in [-0.1, -0.05) is 30.3 Å². The summed E-state index contributed by atoms with van der Waals surface area (Å²) in [5.41, 5.74) is 0.218. The number of benzene rings is 1. The Bertz CT molecular complexity index is 686. The fourth-order valence-electron chi connectivity index (χ4n) is 2.97. The summed E-state index contributed by atoms with van der Waals surface area (Å²) in [7, 11) is 1.30. The molecule has 0 unspecified atom stereocenters. The molecule has 28 heavy (non-hydrogen) atoms. The molecule has 1 aromatic rings. The number of ether oxygens (including phenoxy) is 3. The van der Waals surface area contributed by atoms with E-state index in [1.165, 1.54) is 12.0 Å². The van der Waals surface area contributed by atoms with Crippen molar-refractivity contribution in [3.8, 4) is 0 Å². The average Bonchev–Trinajstić information content (AvgIpc) is 2.64. The molecule has 1 aliphatic heterocycles. The molecule has 0 bridgehead atoms. The smallest absolute Gasteiger partial charge is 0.410 e. The molecule has 2 amide bonds. The maximum atomic E-state index is 12.5. The average molecular weight is 392 g/mol. The summed E-state index contributed by atoms with van der Waals surface area (Å²) in [6, 6.07) is 8.86. The van der Waals surface area contributed by atoms with E-state index in [2.05, 4.69) is 5.32 Å². The van der Waals surface area contributed by atoms with Gasteiger partial charge < -0.3 is 24.4 Å². The molecule has 0 radical (unpaired) electrons. The number of carbonyl (C=O) groups is 3. The molecule has 1 N–H and O–H groups in total. The van der Waals surface area contributed by atoms with Crippen LogP contribution in [-0.4, -0.2) is 54.9 Å². The normalized spacial score (nSPS) is 19.5. The minimum Gasteiger partial charge on any atom is -0.469 e. The maximum absolute atomic E-state index is 12.5. The molecule has 1 aliphatic rings. The monoisotopic (exact) mass is 392 g/mol. The largest absolute Gasteiger partial charge is 0.469 e. The molecule has 1 saturated heterocycles. The number of nitrogens with zero attached hydrogens (tertiary/aromatic N) is 1. The van der Waals surface area contributed by atoms with Crippen molar-refractivity contribution >= 4 is 18.2 Å². The second-order valence-corrected chi connectivity index (χ2v) is 7.74. The van der Waals surface area contributed by atoms with Crippen molar-refractivity contribution in [3.05, 3.63) is 35.9 Å². The number of hydrogen-bond acceptors (Lipinski definition) is 6. The van der Waals surface area contributed by atoms with Gasteiger partial charge in [0, 0.05) is 13.1 Å². The number of alkyl carbamates (subject to hydrolysis) is 1. The van der Waals surface area contributed by atoms with Crippen LogP contribution in [0.25, 0.3) is 0 Å². The van der Waals surface area contributed by atoms with Crippen LogP contribution < -0.4 is 5.32 Å². The predicted molar refractivity (Wildman–Crippen MR) is 101 cm³/mol. The Hall–Kier alpha value is -2.77. The summed E-state index contributed by atoms with van der Waals surface area (Å²) in [5, 5.41) is 2.72. The Labute approximate surface area is 165 Å². The Morgan fingerprint density at radius 3 is 2.43 bits per heavy atom. The predicted octanol–water partition coefficient (Wildman–Crippen LogP) is 2.71. The van der Waals surface area contributed by atoms with Gasteiger partial charge in [-0.3, -0.25) is 4.79 Å². The summed E-state index contributed by atoms with van der Waals surface area (Å²) in [6.07, 6.45) is -0.789. The number of hydrogen-bond donors (Lipinski definition) is 1. The molecular weight excluding hydrogens is 364 g/mol. The molecule has 8 nitrogen and oxygen atoms in total. The van der Waals surface area contributed by atoms with Crippen LogP contribution in [0.5, 0.6) is 0 Å². The summed E-state index contributed by atoms with van der Waals surface area (Å²) >= 11 is 0. The van der Waals surface area contributed by atoms with Gasteiger partial charge in [-0.05, 0) is 32.8 Å². The van der Waals surface area contributed by atoms with Crippen LogP contribution in [0.1, 0.15) is 32.8 Å². The van der Waals surface area contributed by atoms with Crippen molar-refractivity contribution in [1.29, 1.82) is 0 Å². The molecule has 1 aromatic carbocycles. The van der Waals surface area contributed by atoms with E-state index in [4.69, 9.17) is 14.2 Å². The van der Waals surface area contributed by atoms with Crippen LogP contribution in [0, 0.1) is 5.92 Å². The van der Waals surface area contributed by atoms with E-state index in [1.54, 1.807) is 20.8 Å². The van der Waals surface area contributed by atoms with Gasteiger partial charge in [-0.2, -0.15) is 0 Å². The van der Waals surface area contributed by atoms with E-state index in [0.717, 1.165) is 5.56 Å². The molecule has 154 valence electrons. The van der Waals surface area contributed by atoms with Crippen molar-refractivity contribution in [2.24, 2.45) is 5.92 Å². The molecule has 2 rings (SSSR count). The van der Waals surface area contributed by atoms with Crippen molar-refractivity contribution in [2.75, 3.05) is 20.2 Å². The van der Waals surface area contributed by atoms with E-state index in [0.29, 0.717) is 6.42 Å². The quantitative estimate of drug-likeness (QED) is 0.625. The zero-order valence-corrected chi connectivity index (χ0v) is 16.8. The first-order valence-corrected chi connectivity index (χ1v) is 9.21. The van der Waals surface area contributed by atoms with Crippen molar-refractivity contribution < 1.29 is 28.6 Å². The Morgan fingerprint density at radius 1 is 1.14 bits per heavy atom. The zero-order chi connectivity index (χ0) is 20.7. The van der Waals surface area contributed by atoms with Gasteiger partial charge in [-0.25, -0.2) is 9.59 Å². The summed E-state index contributed by atoms with van der Waals surface area (Å²) in [4.78, 5) is 38.0. The lowest BCUT2D eigenvalue weighted by molar-refractivity contribution is -0.147. The highest BCUT2D eigenvalue weighted by Crippen LogP contribution is 2.20. The van der Waals surface area contributed by atoms with Gasteiger partial charge in [0.25, 0.3) is 0 Å². The fraction of sp³-hybridized carbons (Fsp3) is 0.550. The number of rotatable bonds is 4. The Balaban J connectivity index is 2.00. The third-order valence-electron chi connectivity index (χ3n) is 4.17. The van der Waals surface area contributed by atoms with Crippen LogP contribution in [0.2, 0.25) is 0 Å². The molecule has 0 saturated carbocycles. The minimum absolute atomic E-state index is 0.128.